The van der Waals surface area contributed by atoms with Crippen LogP contribution in [0.5, 0.6) is 5.75 Å². The molecule has 0 saturated carbocycles. The number of rotatable bonds is 25. The van der Waals surface area contributed by atoms with Crippen molar-refractivity contribution in [2.75, 3.05) is 65.4 Å². The lowest BCUT2D eigenvalue weighted by Crippen LogP contribution is -2.62. The van der Waals surface area contributed by atoms with E-state index in [1.807, 2.05) is 6.92 Å². The predicted molar refractivity (Wildman–Crippen MR) is 501 cm³/mol. The number of halogens is 3. The van der Waals surface area contributed by atoms with Crippen molar-refractivity contribution in [3.05, 3.63) is 208 Å². The van der Waals surface area contributed by atoms with Gasteiger partial charge in [-0.1, -0.05) is 149 Å². The number of H-pyrrole nitrogens is 1. The van der Waals surface area contributed by atoms with Gasteiger partial charge in [-0.15, -0.1) is 11.8 Å². The quantitative estimate of drug-likeness (QED) is 0.0288. The fourth-order valence-corrected chi connectivity index (χ4v) is 17.9. The third-order valence-corrected chi connectivity index (χ3v) is 25.8. The van der Waals surface area contributed by atoms with Crippen LogP contribution >= 0.6 is 11.8 Å². The summed E-state index contributed by atoms with van der Waals surface area (Å²) in [5, 5.41) is 46.2. The van der Waals surface area contributed by atoms with Gasteiger partial charge in [-0.25, -0.2) is 13.2 Å². The number of para-hydroxylation sites is 1. The minimum atomic E-state index is -1.85. The van der Waals surface area contributed by atoms with Crippen LogP contribution in [0.3, 0.4) is 0 Å². The number of nitrogens with two attached hydrogens (primary N) is 3. The molecule has 13 unspecified atom stereocenters. The number of nitrogens with one attached hydrogen (secondary N) is 10. The number of fused-ring (bicyclic) bond motifs is 3. The van der Waals surface area contributed by atoms with Crippen molar-refractivity contribution in [3.63, 3.8) is 0 Å². The smallest absolute Gasteiger partial charge is 0.246 e. The van der Waals surface area contributed by atoms with Gasteiger partial charge in [-0.05, 0) is 133 Å². The normalized spacial score (nSPS) is 23.3. The number of nitrogens with zero attached hydrogens (tertiary/aromatic N) is 5. The average molecular weight is 1900 g/mol. The molecule has 7 aromatic rings. The summed E-state index contributed by atoms with van der Waals surface area (Å²) in [5.74, 6) is -21.1. The number of carbonyl (C=O) groups excluding carboxylic acids is 15. The van der Waals surface area contributed by atoms with Gasteiger partial charge in [0.15, 0.2) is 17.5 Å². The number of aromatic nitrogens is 1. The molecule has 0 bridgehead atoms. The van der Waals surface area contributed by atoms with Crippen LogP contribution in [0.15, 0.2) is 152 Å². The molecule has 39 heteroatoms. The van der Waals surface area contributed by atoms with Gasteiger partial charge in [0.05, 0.1) is 18.9 Å². The summed E-state index contributed by atoms with van der Waals surface area (Å²) in [4.78, 5) is 235. The summed E-state index contributed by atoms with van der Waals surface area (Å²) >= 11 is 0.684. The second-order valence-electron chi connectivity index (χ2n) is 34.9. The van der Waals surface area contributed by atoms with Crippen molar-refractivity contribution in [2.24, 2.45) is 23.1 Å². The molecule has 10 rings (SSSR count). The minimum Gasteiger partial charge on any atom is -0.508 e. The Hall–Kier alpha value is -13.3. The number of carbonyl (C=O) groups is 15. The van der Waals surface area contributed by atoms with Crippen LogP contribution in [0.1, 0.15) is 124 Å². The van der Waals surface area contributed by atoms with E-state index in [0.717, 1.165) is 20.3 Å². The maximum atomic E-state index is 15.9. The highest BCUT2D eigenvalue weighted by Gasteiger charge is 2.46. The number of unbranched alkanes of at least 4 members (excludes halogenated alkanes) is 2. The topological polar surface area (TPSA) is 515 Å². The largest absolute Gasteiger partial charge is 0.508 e. The first-order valence-corrected chi connectivity index (χ1v) is 46.9. The number of phenolic OH excluding ortho intramolecular Hbond substituents is 1. The maximum Gasteiger partial charge on any atom is 0.246 e. The van der Waals surface area contributed by atoms with E-state index in [1.165, 1.54) is 55.2 Å². The summed E-state index contributed by atoms with van der Waals surface area (Å²) in [7, 11) is 3.88. The number of hydrogen-bond acceptors (Lipinski definition) is 20. The number of amides is 15. The first-order chi connectivity index (χ1) is 65.1. The van der Waals surface area contributed by atoms with E-state index in [4.69, 9.17) is 17.2 Å². The molecule has 18 N–H and O–H groups in total. The van der Waals surface area contributed by atoms with Gasteiger partial charge in [0.1, 0.15) is 84.3 Å². The van der Waals surface area contributed by atoms with Gasteiger partial charge in [0, 0.05) is 102 Å². The van der Waals surface area contributed by atoms with Crippen molar-refractivity contribution in [1.82, 2.24) is 77.3 Å². The monoisotopic (exact) mass is 1900 g/mol. The van der Waals surface area contributed by atoms with Crippen molar-refractivity contribution < 1.29 is 95.3 Å². The van der Waals surface area contributed by atoms with Crippen molar-refractivity contribution in [1.29, 1.82) is 0 Å². The first-order valence-electron chi connectivity index (χ1n) is 45.7. The van der Waals surface area contributed by atoms with Crippen LogP contribution in [-0.4, -0.2) is 272 Å². The molecule has 15 amide bonds. The molecular formula is C97H123F3N18O17S. The number of benzene rings is 6. The van der Waals surface area contributed by atoms with Crippen LogP contribution < -0.4 is 65.1 Å². The second kappa shape index (κ2) is 50.3. The highest BCUT2D eigenvalue weighted by atomic mass is 32.2. The number of hydrogen-bond donors (Lipinski definition) is 15. The minimum absolute atomic E-state index is 0.00490. The second-order valence-corrected chi connectivity index (χ2v) is 35.9. The molecule has 35 nitrogen and oxygen atoms in total. The highest BCUT2D eigenvalue weighted by molar-refractivity contribution is 8.00. The predicted octanol–water partition coefficient (Wildman–Crippen LogP) is 2.16. The molecule has 4 heterocycles. The van der Waals surface area contributed by atoms with Gasteiger partial charge in [-0.3, -0.25) is 71.9 Å². The third-order valence-electron chi connectivity index (χ3n) is 24.8. The standard InChI is InChI=1S/C97H123F3N18O17S/c1-7-8-28-78-96(134)118-41-20-30-77(118)91(129)111-74(53-119)89(127)113-84(56(2)3)97(135)115(5)79(47-57-21-11-9-12-22-57)92(130)110-73(45-59-31-33-61(50-102)34-32-59)94(132)117-40-19-29-76(117)90(128)109-71(49-63-51-104-68-26-16-15-25-65(63)68)88(126)108-70(44-60-35-37-64(120)38-36-60)87(125)107-69(27-17-18-39-101)86(124)112-75(85(123)105-52-81(103)121)54-136-55-82(122)106-72(46-62-42-66(98)83(100)67(99)43-62)93(131)116(6)80(95(133)114(78)4)48-58-23-13-10-14-24-58/h9-16,21-26,31-38,42-43,51,56,69-80,84,104,119-120H,7-8,17-20,27-30,39-41,44-50,52-55,101-102H2,1-6H3,(H2,103,121)(H,105,123)(H,106,122)(H,107,125)(H,108,126)(H,109,128)(H,110,130)(H,111,129)(H,112,124)(H,113,127). The summed E-state index contributed by atoms with van der Waals surface area (Å²) < 4.78 is 45.1. The van der Waals surface area contributed by atoms with E-state index < -0.39 is 222 Å². The Kier molecular flexibility index (Phi) is 38.8. The third kappa shape index (κ3) is 28.4. The van der Waals surface area contributed by atoms with Crippen LogP contribution in [0.4, 0.5) is 13.2 Å². The van der Waals surface area contributed by atoms with Gasteiger partial charge in [0.2, 0.25) is 88.6 Å². The average Bonchev–Trinajstić information content (AvgIpc) is 1.13. The van der Waals surface area contributed by atoms with E-state index in [0.29, 0.717) is 75.5 Å². The summed E-state index contributed by atoms with van der Waals surface area (Å²) in [5.41, 5.74) is 21.0. The fraction of sp³-hybridized carbons (Fsp3) is 0.454. The number of aliphatic hydroxyl groups is 1. The number of likely N-dealkylation sites (N-methyl/N-ethyl adjacent to an activating group) is 3. The Morgan fingerprint density at radius 2 is 0.985 bits per heavy atom. The van der Waals surface area contributed by atoms with Crippen molar-refractivity contribution >= 4 is 111 Å². The van der Waals surface area contributed by atoms with E-state index in [-0.39, 0.29) is 121 Å². The highest BCUT2D eigenvalue weighted by Crippen LogP contribution is 2.29. The summed E-state index contributed by atoms with van der Waals surface area (Å²) in [6, 6.07) is 17.6. The number of primary amides is 1. The Balaban J connectivity index is 1.05. The SMILES string of the molecule is CCCCC1C(=O)N2CCCC2C(=O)NC(CO)C(=O)NC(C(C)C)C(=O)N(C)C(Cc2ccccc2)C(=O)NC(Cc2ccc(CN)cc2)C(=O)N2CCCC2C(=O)NC(Cc2c[nH]c3ccccc23)C(=O)NC(Cc2ccc(O)cc2)C(=O)NC(CCCCN)C(=O)NC(C(=O)NCC(N)=O)CSCC(=O)NC(Cc2cc(F)c(F)c(F)c2)C(=O)N(C)C(Cc2ccccc2)C(=O)N1C. The molecule has 3 fully saturated rings. The number of aromatic hydroxyl groups is 1. The van der Waals surface area contributed by atoms with Gasteiger partial charge < -0.3 is 105 Å². The van der Waals surface area contributed by atoms with Crippen molar-refractivity contribution in [2.45, 2.75) is 209 Å². The number of aromatic amines is 1. The Labute approximate surface area is 791 Å². The van der Waals surface area contributed by atoms with E-state index in [9.17, 15) is 38.6 Å². The lowest BCUT2D eigenvalue weighted by atomic mass is 9.98. The molecule has 0 spiro atoms. The molecule has 6 aromatic carbocycles. The number of aliphatic hydroxyl groups excluding tert-OH is 1. The fourth-order valence-electron chi connectivity index (χ4n) is 17.1. The Bertz CT molecular complexity index is 5350. The van der Waals surface area contributed by atoms with E-state index >= 15 is 56.7 Å². The van der Waals surface area contributed by atoms with E-state index in [1.54, 1.807) is 129 Å². The van der Waals surface area contributed by atoms with Gasteiger partial charge in [-0.2, -0.15) is 0 Å². The van der Waals surface area contributed by atoms with Crippen molar-refractivity contribution in [3.8, 4) is 5.75 Å². The summed E-state index contributed by atoms with van der Waals surface area (Å²) in [6.07, 6.45) is 1.30. The zero-order valence-corrected chi connectivity index (χ0v) is 77.8. The molecule has 0 radical (unpaired) electrons. The van der Waals surface area contributed by atoms with Gasteiger partial charge in [0.25, 0.3) is 0 Å². The lowest BCUT2D eigenvalue weighted by Gasteiger charge is -2.38. The zero-order valence-electron chi connectivity index (χ0n) is 77.0. The number of thioether (sulfide) groups is 1. The first kappa shape index (κ1) is 105. The molecule has 3 aliphatic heterocycles. The Morgan fingerprint density at radius 1 is 0.493 bits per heavy atom. The van der Waals surface area contributed by atoms with Crippen LogP contribution in [0, 0.1) is 23.4 Å². The van der Waals surface area contributed by atoms with Crippen LogP contribution in [0.2, 0.25) is 0 Å². The molecule has 3 aliphatic rings. The number of phenols is 1. The molecule has 3 saturated heterocycles. The Morgan fingerprint density at radius 3 is 1.57 bits per heavy atom. The molecule has 0 aliphatic carbocycles. The molecule has 730 valence electrons. The van der Waals surface area contributed by atoms with Gasteiger partial charge >= 0.3 is 0 Å². The molecular weight excluding hydrogens is 1780 g/mol. The maximum absolute atomic E-state index is 15.9. The van der Waals surface area contributed by atoms with E-state index in [2.05, 4.69) is 52.8 Å². The zero-order chi connectivity index (χ0) is 98.6. The summed E-state index contributed by atoms with van der Waals surface area (Å²) in [6.45, 7) is 3.45. The molecule has 136 heavy (non-hydrogen) atoms. The molecule has 13 atom stereocenters. The lowest BCUT2D eigenvalue weighted by molar-refractivity contribution is -0.152. The molecule has 1 aromatic heterocycles. The van der Waals surface area contributed by atoms with Crippen LogP contribution in [-0.2, 0) is 117 Å². The van der Waals surface area contributed by atoms with Crippen LogP contribution in [0.25, 0.3) is 10.9 Å².